The van der Waals surface area contributed by atoms with Crippen molar-refractivity contribution < 1.29 is 22.4 Å². The Hall–Kier alpha value is -3.10. The summed E-state index contributed by atoms with van der Waals surface area (Å²) in [7, 11) is 0. The first kappa shape index (κ1) is 21.2. The Labute approximate surface area is 159 Å². The molecule has 0 saturated heterocycles. The lowest BCUT2D eigenvalue weighted by atomic mass is 10.2. The second-order valence-electron chi connectivity index (χ2n) is 6.24. The molecule has 9 heteroatoms. The van der Waals surface area contributed by atoms with Crippen molar-refractivity contribution >= 4 is 17.7 Å². The van der Waals surface area contributed by atoms with E-state index in [1.54, 1.807) is 26.0 Å². The van der Waals surface area contributed by atoms with Gasteiger partial charge in [-0.2, -0.15) is 13.2 Å². The molecule has 0 radical (unpaired) electrons. The third-order valence-corrected chi connectivity index (χ3v) is 3.46. The Bertz CT molecular complexity index is 815. The Morgan fingerprint density at radius 2 is 1.64 bits per heavy atom. The van der Waals surface area contributed by atoms with E-state index < -0.39 is 17.8 Å². The van der Waals surface area contributed by atoms with Crippen molar-refractivity contribution in [1.29, 1.82) is 0 Å². The fourth-order valence-electron chi connectivity index (χ4n) is 2.16. The molecular formula is C19H20F4N4O. The van der Waals surface area contributed by atoms with Crippen LogP contribution in [0.5, 0.6) is 0 Å². The van der Waals surface area contributed by atoms with Crippen molar-refractivity contribution in [2.45, 2.75) is 32.6 Å². The topological polar surface area (TPSA) is 65.5 Å². The van der Waals surface area contributed by atoms with Gasteiger partial charge in [0.05, 0.1) is 12.1 Å². The number of benzene rings is 2. The number of nitrogens with zero attached hydrogens (tertiary/aromatic N) is 1. The molecule has 150 valence electrons. The summed E-state index contributed by atoms with van der Waals surface area (Å²) in [4.78, 5) is 16.2. The Morgan fingerprint density at radius 3 is 2.18 bits per heavy atom. The maximum absolute atomic E-state index is 13.0. The third kappa shape index (κ3) is 6.90. The van der Waals surface area contributed by atoms with Crippen LogP contribution in [0.2, 0.25) is 0 Å². The largest absolute Gasteiger partial charge is 0.416 e. The predicted octanol–water partition coefficient (Wildman–Crippen LogP) is 4.52. The summed E-state index contributed by atoms with van der Waals surface area (Å²) in [6, 6.07) is 9.33. The van der Waals surface area contributed by atoms with E-state index in [4.69, 9.17) is 0 Å². The molecule has 28 heavy (non-hydrogen) atoms. The number of guanidine groups is 1. The molecule has 0 atom stereocenters. The number of hydrogen-bond donors (Lipinski definition) is 3. The number of hydrogen-bond acceptors (Lipinski definition) is 2. The van der Waals surface area contributed by atoms with Gasteiger partial charge in [0.2, 0.25) is 5.96 Å². The fourth-order valence-corrected chi connectivity index (χ4v) is 2.16. The van der Waals surface area contributed by atoms with Crippen LogP contribution in [-0.2, 0) is 12.7 Å². The van der Waals surface area contributed by atoms with Crippen LogP contribution in [0.1, 0.15) is 25.0 Å². The van der Waals surface area contributed by atoms with Gasteiger partial charge in [-0.25, -0.2) is 14.2 Å². The summed E-state index contributed by atoms with van der Waals surface area (Å²) in [6.07, 6.45) is -4.44. The number of aliphatic imine (C=N–C) groups is 1. The lowest BCUT2D eigenvalue weighted by molar-refractivity contribution is -0.137. The standard InChI is InChI=1S/C19H20F4N4O/c1-12(2)25-18(28)27-17(24-11-13-3-7-15(20)8-4-13)26-16-9-5-14(6-10-16)19(21,22)23/h3-10,12H,11H2,1-2H3,(H3,24,25,26,27,28). The molecule has 0 aliphatic rings. The molecule has 2 aromatic rings. The molecule has 3 N–H and O–H groups in total. The van der Waals surface area contributed by atoms with Crippen LogP contribution in [-0.4, -0.2) is 18.0 Å². The summed E-state index contributed by atoms with van der Waals surface area (Å²) in [5.74, 6) is -0.340. The average molecular weight is 396 g/mol. The van der Waals surface area contributed by atoms with Crippen molar-refractivity contribution in [3.63, 3.8) is 0 Å². The van der Waals surface area contributed by atoms with Crippen molar-refractivity contribution in [2.75, 3.05) is 5.32 Å². The lowest BCUT2D eigenvalue weighted by Crippen LogP contribution is -2.45. The number of rotatable bonds is 4. The molecule has 0 saturated carbocycles. The van der Waals surface area contributed by atoms with Crippen molar-refractivity contribution in [3.8, 4) is 0 Å². The van der Waals surface area contributed by atoms with E-state index in [9.17, 15) is 22.4 Å². The van der Waals surface area contributed by atoms with Crippen molar-refractivity contribution in [3.05, 3.63) is 65.5 Å². The monoisotopic (exact) mass is 396 g/mol. The highest BCUT2D eigenvalue weighted by Gasteiger charge is 2.29. The van der Waals surface area contributed by atoms with Gasteiger partial charge in [0.25, 0.3) is 0 Å². The third-order valence-electron chi connectivity index (χ3n) is 3.46. The van der Waals surface area contributed by atoms with Crippen LogP contribution in [0.15, 0.2) is 53.5 Å². The van der Waals surface area contributed by atoms with Crippen LogP contribution >= 0.6 is 0 Å². The van der Waals surface area contributed by atoms with Crippen LogP contribution in [0, 0.1) is 5.82 Å². The molecule has 0 aliphatic heterocycles. The van der Waals surface area contributed by atoms with E-state index in [1.807, 2.05) is 0 Å². The minimum Gasteiger partial charge on any atom is -0.336 e. The molecule has 2 amide bonds. The molecule has 0 unspecified atom stereocenters. The van der Waals surface area contributed by atoms with Crippen LogP contribution < -0.4 is 16.0 Å². The summed E-state index contributed by atoms with van der Waals surface area (Å²) < 4.78 is 51.0. The number of amides is 2. The van der Waals surface area contributed by atoms with Gasteiger partial charge >= 0.3 is 12.2 Å². The van der Waals surface area contributed by atoms with Crippen molar-refractivity contribution in [1.82, 2.24) is 10.6 Å². The first-order valence-corrected chi connectivity index (χ1v) is 8.44. The van der Waals surface area contributed by atoms with Gasteiger partial charge in [-0.1, -0.05) is 12.1 Å². The zero-order chi connectivity index (χ0) is 20.7. The zero-order valence-corrected chi connectivity index (χ0v) is 15.3. The maximum Gasteiger partial charge on any atom is 0.416 e. The predicted molar refractivity (Wildman–Crippen MR) is 99.4 cm³/mol. The smallest absolute Gasteiger partial charge is 0.336 e. The van der Waals surface area contributed by atoms with Gasteiger partial charge in [-0.15, -0.1) is 0 Å². The van der Waals surface area contributed by atoms with E-state index >= 15 is 0 Å². The second-order valence-corrected chi connectivity index (χ2v) is 6.24. The first-order valence-electron chi connectivity index (χ1n) is 8.44. The number of halogens is 4. The number of urea groups is 1. The van der Waals surface area contributed by atoms with E-state index in [-0.39, 0.29) is 24.4 Å². The van der Waals surface area contributed by atoms with Gasteiger partial charge < -0.3 is 10.6 Å². The molecule has 0 fully saturated rings. The van der Waals surface area contributed by atoms with Gasteiger partial charge in [-0.05, 0) is 55.8 Å². The van der Waals surface area contributed by atoms with Crippen molar-refractivity contribution in [2.24, 2.45) is 4.99 Å². The molecule has 2 aromatic carbocycles. The molecule has 0 spiro atoms. The SMILES string of the molecule is CC(C)NC(=O)NC(=NCc1ccc(F)cc1)Nc1ccc(C(F)(F)F)cc1. The van der Waals surface area contributed by atoms with E-state index in [0.29, 0.717) is 11.3 Å². The summed E-state index contributed by atoms with van der Waals surface area (Å²) >= 11 is 0. The Morgan fingerprint density at radius 1 is 1.04 bits per heavy atom. The highest BCUT2D eigenvalue weighted by atomic mass is 19.4. The highest BCUT2D eigenvalue weighted by molar-refractivity contribution is 6.03. The average Bonchev–Trinajstić information content (AvgIpc) is 2.60. The molecule has 0 heterocycles. The fraction of sp³-hybridized carbons (Fsp3) is 0.263. The van der Waals surface area contributed by atoms with Crippen LogP contribution in [0.4, 0.5) is 28.0 Å². The number of alkyl halides is 3. The van der Waals surface area contributed by atoms with E-state index in [0.717, 1.165) is 12.1 Å². The zero-order valence-electron chi connectivity index (χ0n) is 15.3. The van der Waals surface area contributed by atoms with Crippen LogP contribution in [0.25, 0.3) is 0 Å². The van der Waals surface area contributed by atoms with Gasteiger partial charge in [0, 0.05) is 11.7 Å². The number of carbonyl (C=O) groups excluding carboxylic acids is 1. The molecule has 2 rings (SSSR count). The normalized spacial score (nSPS) is 12.0. The molecule has 5 nitrogen and oxygen atoms in total. The molecular weight excluding hydrogens is 376 g/mol. The number of anilines is 1. The number of nitrogens with one attached hydrogen (secondary N) is 3. The van der Waals surface area contributed by atoms with E-state index in [1.165, 1.54) is 24.3 Å². The second kappa shape index (κ2) is 9.20. The maximum atomic E-state index is 13.0. The Kier molecular flexibility index (Phi) is 6.97. The minimum atomic E-state index is -4.44. The molecule has 0 bridgehead atoms. The molecule has 0 aromatic heterocycles. The lowest BCUT2D eigenvalue weighted by Gasteiger charge is -2.14. The van der Waals surface area contributed by atoms with Crippen LogP contribution in [0.3, 0.4) is 0 Å². The first-order chi connectivity index (χ1) is 13.1. The van der Waals surface area contributed by atoms with E-state index in [2.05, 4.69) is 20.9 Å². The van der Waals surface area contributed by atoms with Gasteiger partial charge in [0.15, 0.2) is 0 Å². The Balaban J connectivity index is 2.15. The van der Waals surface area contributed by atoms with Gasteiger partial charge in [0.1, 0.15) is 5.82 Å². The summed E-state index contributed by atoms with van der Waals surface area (Å²) in [5, 5.41) is 7.92. The number of carbonyl (C=O) groups is 1. The molecule has 0 aliphatic carbocycles. The quantitative estimate of drug-likeness (QED) is 0.404. The summed E-state index contributed by atoms with van der Waals surface area (Å²) in [6.45, 7) is 3.68. The minimum absolute atomic E-state index is 0.0437. The van der Waals surface area contributed by atoms with Gasteiger partial charge in [-0.3, -0.25) is 5.32 Å². The summed E-state index contributed by atoms with van der Waals surface area (Å²) in [5.41, 5.74) is 0.225. The highest BCUT2D eigenvalue weighted by Crippen LogP contribution is 2.29.